The Balaban J connectivity index is 1.68. The maximum atomic E-state index is 12.8. The molecule has 31 heavy (non-hydrogen) atoms. The summed E-state index contributed by atoms with van der Waals surface area (Å²) in [5.41, 5.74) is 2.56. The fraction of sp³-hybridized carbons (Fsp3) is 0.125. The molecule has 0 spiro atoms. The number of hydrogen-bond donors (Lipinski definition) is 1. The van der Waals surface area contributed by atoms with Crippen LogP contribution in [0.5, 0.6) is 11.5 Å². The number of benzene rings is 3. The van der Waals surface area contributed by atoms with Gasteiger partial charge in [0.15, 0.2) is 11.5 Å². The summed E-state index contributed by atoms with van der Waals surface area (Å²) in [6.45, 7) is 1.98. The van der Waals surface area contributed by atoms with E-state index in [4.69, 9.17) is 14.7 Å². The van der Waals surface area contributed by atoms with Gasteiger partial charge in [-0.15, -0.1) is 11.8 Å². The number of rotatable bonds is 7. The number of nitrogens with zero attached hydrogens (tertiary/aromatic N) is 1. The van der Waals surface area contributed by atoms with Gasteiger partial charge >= 0.3 is 5.97 Å². The van der Waals surface area contributed by atoms with Gasteiger partial charge in [-0.25, -0.2) is 4.79 Å². The van der Waals surface area contributed by atoms with Crippen molar-refractivity contribution in [1.29, 1.82) is 5.26 Å². The van der Waals surface area contributed by atoms with Crippen molar-refractivity contribution in [1.82, 2.24) is 0 Å². The van der Waals surface area contributed by atoms with Crippen LogP contribution >= 0.6 is 11.8 Å². The van der Waals surface area contributed by atoms with E-state index in [9.17, 15) is 9.59 Å². The Morgan fingerprint density at radius 3 is 2.48 bits per heavy atom. The number of nitrogens with one attached hydrogen (secondary N) is 1. The number of aryl methyl sites for hydroxylation is 1. The van der Waals surface area contributed by atoms with Gasteiger partial charge in [-0.05, 0) is 43.3 Å². The summed E-state index contributed by atoms with van der Waals surface area (Å²) < 4.78 is 10.7. The van der Waals surface area contributed by atoms with Crippen LogP contribution < -0.4 is 14.8 Å². The summed E-state index contributed by atoms with van der Waals surface area (Å²) >= 11 is 1.25. The smallest absolute Gasteiger partial charge is 0.344 e. The Morgan fingerprint density at radius 1 is 1.03 bits per heavy atom. The molecule has 0 unspecified atom stereocenters. The second kappa shape index (κ2) is 10.3. The van der Waals surface area contributed by atoms with E-state index in [2.05, 4.69) is 5.32 Å². The second-order valence-electron chi connectivity index (χ2n) is 6.57. The molecule has 3 aromatic rings. The molecule has 0 bridgehead atoms. The highest BCUT2D eigenvalue weighted by Crippen LogP contribution is 2.30. The molecule has 0 radical (unpaired) electrons. The predicted octanol–water partition coefficient (Wildman–Crippen LogP) is 4.83. The molecule has 0 aromatic heterocycles. The van der Waals surface area contributed by atoms with Crippen LogP contribution in [0.4, 0.5) is 5.69 Å². The third kappa shape index (κ3) is 5.87. The molecule has 3 rings (SSSR count). The number of carbonyl (C=O) groups excluding carboxylic acids is 2. The van der Waals surface area contributed by atoms with Gasteiger partial charge in [-0.3, -0.25) is 4.79 Å². The zero-order valence-corrected chi connectivity index (χ0v) is 17.9. The average molecular weight is 433 g/mol. The molecule has 6 nitrogen and oxygen atoms in total. The third-order valence-electron chi connectivity index (χ3n) is 4.30. The monoisotopic (exact) mass is 432 g/mol. The van der Waals surface area contributed by atoms with Crippen LogP contribution in [0.3, 0.4) is 0 Å². The van der Waals surface area contributed by atoms with Gasteiger partial charge in [0.05, 0.1) is 30.1 Å². The quantitative estimate of drug-likeness (QED) is 0.327. The summed E-state index contributed by atoms with van der Waals surface area (Å²) in [6, 6.07) is 21.0. The first-order valence-corrected chi connectivity index (χ1v) is 10.4. The maximum absolute atomic E-state index is 12.8. The van der Waals surface area contributed by atoms with Gasteiger partial charge in [0, 0.05) is 16.6 Å². The molecule has 0 fully saturated rings. The Kier molecular flexibility index (Phi) is 7.31. The van der Waals surface area contributed by atoms with Crippen LogP contribution in [-0.4, -0.2) is 24.7 Å². The molecule has 0 heterocycles. The lowest BCUT2D eigenvalue weighted by molar-refractivity contribution is -0.113. The molecule has 0 atom stereocenters. The van der Waals surface area contributed by atoms with E-state index < -0.39 is 5.97 Å². The number of ether oxygens (including phenoxy) is 2. The fourth-order valence-corrected chi connectivity index (χ4v) is 3.56. The van der Waals surface area contributed by atoms with E-state index in [-0.39, 0.29) is 23.2 Å². The minimum absolute atomic E-state index is 0.137. The van der Waals surface area contributed by atoms with E-state index >= 15 is 0 Å². The lowest BCUT2D eigenvalue weighted by Crippen LogP contribution is -2.15. The van der Waals surface area contributed by atoms with Crippen LogP contribution in [0.25, 0.3) is 0 Å². The first kappa shape index (κ1) is 21.9. The number of esters is 1. The van der Waals surface area contributed by atoms with E-state index in [0.717, 1.165) is 11.3 Å². The molecule has 1 N–H and O–H groups in total. The number of amides is 1. The van der Waals surface area contributed by atoms with E-state index in [1.165, 1.54) is 31.0 Å². The molecule has 0 saturated heterocycles. The lowest BCUT2D eigenvalue weighted by Gasteiger charge is -2.12. The van der Waals surface area contributed by atoms with Gasteiger partial charge in [-0.1, -0.05) is 29.8 Å². The standard InChI is InChI=1S/C24H20N2O4S/c1-16-7-10-18(11-8-16)26-23(27)15-31-22-6-4-3-5-19(22)24(28)30-20-12-9-17(14-25)13-21(20)29-2/h3-13H,15H2,1-2H3,(H,26,27). The molecule has 0 saturated carbocycles. The SMILES string of the molecule is COc1cc(C#N)ccc1OC(=O)c1ccccc1SCC(=O)Nc1ccc(C)cc1. The first-order valence-electron chi connectivity index (χ1n) is 9.39. The Morgan fingerprint density at radius 2 is 1.77 bits per heavy atom. The fourth-order valence-electron chi connectivity index (χ4n) is 2.71. The number of hydrogen-bond acceptors (Lipinski definition) is 6. The lowest BCUT2D eigenvalue weighted by atomic mass is 10.2. The molecule has 0 aliphatic heterocycles. The van der Waals surface area contributed by atoms with Crippen molar-refractivity contribution in [2.24, 2.45) is 0 Å². The highest BCUT2D eigenvalue weighted by molar-refractivity contribution is 8.00. The number of anilines is 1. The zero-order valence-electron chi connectivity index (χ0n) is 17.0. The third-order valence-corrected chi connectivity index (χ3v) is 5.37. The number of carbonyl (C=O) groups is 2. The van der Waals surface area contributed by atoms with Crippen LogP contribution in [0.15, 0.2) is 71.6 Å². The summed E-state index contributed by atoms with van der Waals surface area (Å²) in [7, 11) is 1.43. The van der Waals surface area contributed by atoms with Crippen LogP contribution in [0.1, 0.15) is 21.5 Å². The van der Waals surface area contributed by atoms with E-state index in [1.54, 1.807) is 30.3 Å². The first-order chi connectivity index (χ1) is 15.0. The minimum Gasteiger partial charge on any atom is -0.493 e. The molecular weight excluding hydrogens is 412 g/mol. The van der Waals surface area contributed by atoms with Gasteiger partial charge in [0.25, 0.3) is 0 Å². The summed E-state index contributed by atoms with van der Waals surface area (Å²) in [5, 5.41) is 11.8. The number of thioether (sulfide) groups is 1. The van der Waals surface area contributed by atoms with Crippen molar-refractivity contribution in [2.75, 3.05) is 18.2 Å². The van der Waals surface area contributed by atoms with Crippen molar-refractivity contribution in [2.45, 2.75) is 11.8 Å². The maximum Gasteiger partial charge on any atom is 0.344 e. The van der Waals surface area contributed by atoms with Crippen molar-refractivity contribution in [3.05, 3.63) is 83.4 Å². The van der Waals surface area contributed by atoms with Crippen molar-refractivity contribution >= 4 is 29.3 Å². The number of nitriles is 1. The van der Waals surface area contributed by atoms with Gasteiger partial charge in [0.1, 0.15) is 0 Å². The highest BCUT2D eigenvalue weighted by atomic mass is 32.2. The van der Waals surface area contributed by atoms with E-state index in [0.29, 0.717) is 16.0 Å². The van der Waals surface area contributed by atoms with Gasteiger partial charge in [0.2, 0.25) is 5.91 Å². The van der Waals surface area contributed by atoms with Crippen LogP contribution in [-0.2, 0) is 4.79 Å². The molecule has 1 amide bonds. The summed E-state index contributed by atoms with van der Waals surface area (Å²) in [4.78, 5) is 25.7. The normalized spacial score (nSPS) is 10.1. The van der Waals surface area contributed by atoms with Crippen molar-refractivity contribution in [3.63, 3.8) is 0 Å². The largest absolute Gasteiger partial charge is 0.493 e. The molecule has 7 heteroatoms. The minimum atomic E-state index is -0.579. The van der Waals surface area contributed by atoms with Gasteiger partial charge in [-0.2, -0.15) is 5.26 Å². The van der Waals surface area contributed by atoms with Crippen LogP contribution in [0, 0.1) is 18.3 Å². The van der Waals surface area contributed by atoms with Gasteiger partial charge < -0.3 is 14.8 Å². The van der Waals surface area contributed by atoms with Crippen molar-refractivity contribution in [3.8, 4) is 17.6 Å². The molecule has 156 valence electrons. The molecule has 3 aromatic carbocycles. The Labute approximate surface area is 184 Å². The van der Waals surface area contributed by atoms with Crippen LogP contribution in [0.2, 0.25) is 0 Å². The Bertz CT molecular complexity index is 1140. The topological polar surface area (TPSA) is 88.4 Å². The molecular formula is C24H20N2O4S. The summed E-state index contributed by atoms with van der Waals surface area (Å²) in [5.74, 6) is -0.118. The zero-order chi connectivity index (χ0) is 22.2. The number of methoxy groups -OCH3 is 1. The predicted molar refractivity (Wildman–Crippen MR) is 120 cm³/mol. The van der Waals surface area contributed by atoms with Crippen molar-refractivity contribution < 1.29 is 19.1 Å². The summed E-state index contributed by atoms with van der Waals surface area (Å²) in [6.07, 6.45) is 0. The second-order valence-corrected chi connectivity index (χ2v) is 7.58. The molecule has 0 aliphatic carbocycles. The average Bonchev–Trinajstić information content (AvgIpc) is 2.79. The van der Waals surface area contributed by atoms with E-state index in [1.807, 2.05) is 37.3 Å². The highest BCUT2D eigenvalue weighted by Gasteiger charge is 2.17. The Hall–Kier alpha value is -3.76. The molecule has 0 aliphatic rings.